The minimum Gasteiger partial charge on any atom is -0.432 e. The number of hydrogen-bond donors (Lipinski definition) is 0. The van der Waals surface area contributed by atoms with Crippen LogP contribution in [0, 0.1) is 0 Å². The molecule has 0 amide bonds. The Hall–Kier alpha value is -2.92. The molecule has 0 radical (unpaired) electrons. The zero-order valence-electron chi connectivity index (χ0n) is 35.3. The molecule has 320 valence electrons. The third kappa shape index (κ3) is 47.1. The van der Waals surface area contributed by atoms with E-state index < -0.39 is 24.6 Å². The van der Waals surface area contributed by atoms with Crippen molar-refractivity contribution < 1.29 is 57.7 Å². The number of carbonyl (C=O) groups is 4. The molecular weight excluding hydrogens is 696 g/mol. The first-order valence-electron chi connectivity index (χ1n) is 21.6. The van der Waals surface area contributed by atoms with Crippen molar-refractivity contribution in [3.63, 3.8) is 0 Å². The van der Waals surface area contributed by atoms with Gasteiger partial charge in [0, 0.05) is 0 Å². The molecule has 0 fully saturated rings. The summed E-state index contributed by atoms with van der Waals surface area (Å²) in [7, 11) is 0. The molecule has 12 nitrogen and oxygen atoms in total. The summed E-state index contributed by atoms with van der Waals surface area (Å²) in [5.41, 5.74) is 0. The normalized spacial score (nSPS) is 10.7. The second kappa shape index (κ2) is 42.8. The van der Waals surface area contributed by atoms with Crippen LogP contribution in [0.2, 0.25) is 0 Å². The van der Waals surface area contributed by atoms with Gasteiger partial charge in [-0.05, 0) is 40.5 Å². The SMILES string of the molecule is CC(C)OC(=O)OOC(=O)OC(C)C.CCCCCCCCCCCCCCCCOC(=O)OOC(=O)OCCCCCCCCCCCCCCCC. The number of rotatable bonds is 32. The molecule has 0 aromatic heterocycles. The molecule has 0 atom stereocenters. The molecule has 0 aliphatic rings. The predicted molar refractivity (Wildman–Crippen MR) is 211 cm³/mol. The van der Waals surface area contributed by atoms with Crippen molar-refractivity contribution in [1.82, 2.24) is 0 Å². The van der Waals surface area contributed by atoms with Crippen LogP contribution in [0.5, 0.6) is 0 Å². The van der Waals surface area contributed by atoms with Crippen molar-refractivity contribution in [3.8, 4) is 0 Å². The molecule has 0 spiro atoms. The summed E-state index contributed by atoms with van der Waals surface area (Å²) in [5.74, 6) is 0. The minimum atomic E-state index is -1.08. The van der Waals surface area contributed by atoms with Crippen molar-refractivity contribution >= 4 is 24.6 Å². The fourth-order valence-electron chi connectivity index (χ4n) is 5.51. The second-order valence-electron chi connectivity index (χ2n) is 14.6. The first-order valence-corrected chi connectivity index (χ1v) is 21.6. The van der Waals surface area contributed by atoms with E-state index in [1.54, 1.807) is 27.7 Å². The van der Waals surface area contributed by atoms with Gasteiger partial charge in [-0.2, -0.15) is 38.7 Å². The van der Waals surface area contributed by atoms with Gasteiger partial charge in [-0.25, -0.2) is 0 Å². The molecule has 0 aliphatic heterocycles. The number of ether oxygens (including phenoxy) is 4. The number of hydrogen-bond acceptors (Lipinski definition) is 12. The maximum absolute atomic E-state index is 11.5. The van der Waals surface area contributed by atoms with E-state index in [2.05, 4.69) is 42.9 Å². The molecule has 0 unspecified atom stereocenters. The van der Waals surface area contributed by atoms with Crippen molar-refractivity contribution in [3.05, 3.63) is 0 Å². The van der Waals surface area contributed by atoms with E-state index in [0.717, 1.165) is 38.5 Å². The van der Waals surface area contributed by atoms with Gasteiger partial charge >= 0.3 is 24.6 Å². The Bertz CT molecular complexity index is 781. The van der Waals surface area contributed by atoms with Crippen LogP contribution < -0.4 is 0 Å². The first kappa shape index (κ1) is 53.2. The number of unbranched alkanes of at least 4 members (excludes halogenated alkanes) is 26. The Morgan fingerprint density at radius 2 is 0.519 bits per heavy atom. The summed E-state index contributed by atoms with van der Waals surface area (Å²) in [5, 5.41) is 0. The van der Waals surface area contributed by atoms with E-state index >= 15 is 0 Å². The van der Waals surface area contributed by atoms with Crippen LogP contribution in [0.3, 0.4) is 0 Å². The fourth-order valence-corrected chi connectivity index (χ4v) is 5.51. The van der Waals surface area contributed by atoms with Crippen LogP contribution in [0.25, 0.3) is 0 Å². The number of carbonyl (C=O) groups excluding carboxylic acids is 4. The largest absolute Gasteiger partial charge is 0.550 e. The minimum absolute atomic E-state index is 0.272. The van der Waals surface area contributed by atoms with Gasteiger partial charge in [0.1, 0.15) is 0 Å². The standard InChI is InChI=1S/C34H66O6.C8H14O6/c1-3-5-7-9-11-13-15-17-19-21-23-25-27-29-31-37-33(35)39-40-34(36)38-32-30-28-26-24-22-20-18-16-14-12-10-8-6-4-2;1-5(2)11-7(9)13-14-8(10)12-6(3)4/h3-32H2,1-2H3;5-6H,1-4H3. The smallest absolute Gasteiger partial charge is 0.432 e. The monoisotopic (exact) mass is 777 g/mol. The molecule has 54 heavy (non-hydrogen) atoms. The van der Waals surface area contributed by atoms with Gasteiger partial charge < -0.3 is 18.9 Å². The maximum atomic E-state index is 11.5. The average molecular weight is 777 g/mol. The topological polar surface area (TPSA) is 142 Å². The van der Waals surface area contributed by atoms with Crippen molar-refractivity contribution in [1.29, 1.82) is 0 Å². The predicted octanol–water partition coefficient (Wildman–Crippen LogP) is 14.2. The van der Waals surface area contributed by atoms with Crippen LogP contribution in [0.4, 0.5) is 19.2 Å². The van der Waals surface area contributed by atoms with Gasteiger partial charge in [-0.1, -0.05) is 181 Å². The van der Waals surface area contributed by atoms with Crippen molar-refractivity contribution in [2.75, 3.05) is 13.2 Å². The van der Waals surface area contributed by atoms with Gasteiger partial charge in [0.15, 0.2) is 0 Å². The van der Waals surface area contributed by atoms with Crippen molar-refractivity contribution in [2.24, 2.45) is 0 Å². The molecule has 0 N–H and O–H groups in total. The van der Waals surface area contributed by atoms with Crippen LogP contribution >= 0.6 is 0 Å². The lowest BCUT2D eigenvalue weighted by Gasteiger charge is -2.08. The highest BCUT2D eigenvalue weighted by Gasteiger charge is 2.14. The lowest BCUT2D eigenvalue weighted by Crippen LogP contribution is -2.18. The fraction of sp³-hybridized carbons (Fsp3) is 0.905. The van der Waals surface area contributed by atoms with Gasteiger partial charge in [0.2, 0.25) is 0 Å². The Balaban J connectivity index is 0. The van der Waals surface area contributed by atoms with Crippen LogP contribution in [0.1, 0.15) is 221 Å². The highest BCUT2D eigenvalue weighted by Crippen LogP contribution is 2.14. The summed E-state index contributed by atoms with van der Waals surface area (Å²) in [6.07, 6.45) is 30.8. The second-order valence-corrected chi connectivity index (χ2v) is 14.6. The Morgan fingerprint density at radius 3 is 0.741 bits per heavy atom. The Morgan fingerprint density at radius 1 is 0.315 bits per heavy atom. The summed E-state index contributed by atoms with van der Waals surface area (Å²) in [6, 6.07) is 0. The quantitative estimate of drug-likeness (QED) is 0.0211. The van der Waals surface area contributed by atoms with E-state index in [1.165, 1.54) is 141 Å². The Labute approximate surface area is 328 Å². The summed E-state index contributed by atoms with van der Waals surface area (Å²) >= 11 is 0. The van der Waals surface area contributed by atoms with Gasteiger partial charge in [0.25, 0.3) is 0 Å². The van der Waals surface area contributed by atoms with Crippen LogP contribution in [-0.4, -0.2) is 50.0 Å². The molecule has 0 rings (SSSR count). The highest BCUT2D eigenvalue weighted by molar-refractivity contribution is 5.64. The molecule has 0 aromatic rings. The van der Waals surface area contributed by atoms with Gasteiger partial charge in [-0.15, -0.1) is 0 Å². The van der Waals surface area contributed by atoms with E-state index in [-0.39, 0.29) is 25.4 Å². The molecule has 0 heterocycles. The van der Waals surface area contributed by atoms with Gasteiger partial charge in [0.05, 0.1) is 25.4 Å². The Kier molecular flexibility index (Phi) is 42.2. The lowest BCUT2D eigenvalue weighted by atomic mass is 10.0. The molecular formula is C42H80O12. The first-order chi connectivity index (χ1) is 26.1. The summed E-state index contributed by atoms with van der Waals surface area (Å²) in [4.78, 5) is 61.1. The van der Waals surface area contributed by atoms with Gasteiger partial charge in [-0.3, -0.25) is 0 Å². The van der Waals surface area contributed by atoms with E-state index in [9.17, 15) is 19.2 Å². The van der Waals surface area contributed by atoms with Crippen molar-refractivity contribution in [2.45, 2.75) is 234 Å². The summed E-state index contributed by atoms with van der Waals surface area (Å²) < 4.78 is 18.9. The molecule has 0 aromatic carbocycles. The lowest BCUT2D eigenvalue weighted by molar-refractivity contribution is -0.222. The van der Waals surface area contributed by atoms with E-state index in [0.29, 0.717) is 0 Å². The maximum Gasteiger partial charge on any atom is 0.550 e. The average Bonchev–Trinajstić information content (AvgIpc) is 3.12. The third-order valence-corrected chi connectivity index (χ3v) is 8.45. The van der Waals surface area contributed by atoms with E-state index in [1.807, 2.05) is 0 Å². The molecule has 0 aliphatic carbocycles. The zero-order chi connectivity index (χ0) is 40.3. The molecule has 12 heteroatoms. The summed E-state index contributed by atoms with van der Waals surface area (Å²) in [6.45, 7) is 11.6. The molecule has 0 bridgehead atoms. The third-order valence-electron chi connectivity index (χ3n) is 8.45. The zero-order valence-corrected chi connectivity index (χ0v) is 35.3. The molecule has 0 saturated heterocycles. The van der Waals surface area contributed by atoms with Crippen LogP contribution in [0.15, 0.2) is 0 Å². The van der Waals surface area contributed by atoms with E-state index in [4.69, 9.17) is 9.47 Å². The molecule has 0 saturated carbocycles. The van der Waals surface area contributed by atoms with Crippen LogP contribution in [-0.2, 0) is 38.5 Å². The highest BCUT2D eigenvalue weighted by atomic mass is 17.3.